The van der Waals surface area contributed by atoms with E-state index < -0.39 is 23.0 Å². The maximum Gasteiger partial charge on any atom is 0.217 e. The van der Waals surface area contributed by atoms with Crippen LogP contribution >= 0.6 is 15.9 Å². The summed E-state index contributed by atoms with van der Waals surface area (Å²) in [5.74, 6) is -2.54. The maximum atomic E-state index is 13.9. The van der Waals surface area contributed by atoms with Gasteiger partial charge in [-0.3, -0.25) is 9.78 Å². The summed E-state index contributed by atoms with van der Waals surface area (Å²) < 4.78 is 27.6. The van der Waals surface area contributed by atoms with E-state index in [0.29, 0.717) is 12.0 Å². The second-order valence-electron chi connectivity index (χ2n) is 3.91. The van der Waals surface area contributed by atoms with E-state index in [0.717, 1.165) is 6.07 Å². The Bertz CT molecular complexity index is 643. The van der Waals surface area contributed by atoms with Gasteiger partial charge in [0, 0.05) is 6.20 Å². The quantitative estimate of drug-likeness (QED) is 0.632. The molecule has 98 valence electrons. The van der Waals surface area contributed by atoms with Crippen LogP contribution in [-0.4, -0.2) is 10.8 Å². The number of nitrogens with zero attached hydrogens (tertiary/aromatic N) is 1. The number of hydrogen-bond acceptors (Lipinski definition) is 2. The Hall–Kier alpha value is -1.62. The van der Waals surface area contributed by atoms with Gasteiger partial charge in [-0.2, -0.15) is 0 Å². The third-order valence-corrected chi connectivity index (χ3v) is 3.37. The Balaban J connectivity index is 2.60. The van der Waals surface area contributed by atoms with E-state index in [1.54, 1.807) is 12.1 Å². The van der Waals surface area contributed by atoms with Gasteiger partial charge in [-0.05, 0) is 46.1 Å². The Morgan fingerprint density at radius 1 is 1.32 bits per heavy atom. The maximum absolute atomic E-state index is 13.9. The second kappa shape index (κ2) is 5.57. The van der Waals surface area contributed by atoms with Crippen molar-refractivity contribution in [2.45, 2.75) is 13.3 Å². The summed E-state index contributed by atoms with van der Waals surface area (Å²) >= 11 is 2.94. The normalized spacial score (nSPS) is 10.5. The molecule has 0 atom stereocenters. The largest absolute Gasteiger partial charge is 0.287 e. The lowest BCUT2D eigenvalue weighted by atomic mass is 10.0. The van der Waals surface area contributed by atoms with Crippen LogP contribution in [0.5, 0.6) is 0 Å². The third-order valence-electron chi connectivity index (χ3n) is 2.76. The fraction of sp³-hybridized carbons (Fsp3) is 0.143. The van der Waals surface area contributed by atoms with E-state index in [2.05, 4.69) is 20.9 Å². The minimum atomic E-state index is -0.905. The number of aromatic nitrogens is 1. The van der Waals surface area contributed by atoms with Gasteiger partial charge in [-0.25, -0.2) is 8.78 Å². The zero-order valence-corrected chi connectivity index (χ0v) is 11.7. The molecule has 2 aromatic rings. The van der Waals surface area contributed by atoms with E-state index in [-0.39, 0.29) is 10.2 Å². The molecule has 2 rings (SSSR count). The van der Waals surface area contributed by atoms with Crippen molar-refractivity contribution in [2.24, 2.45) is 0 Å². The number of ketones is 1. The van der Waals surface area contributed by atoms with Gasteiger partial charge in [0.15, 0.2) is 5.82 Å². The van der Waals surface area contributed by atoms with E-state index in [1.807, 2.05) is 6.92 Å². The minimum Gasteiger partial charge on any atom is -0.287 e. The van der Waals surface area contributed by atoms with Gasteiger partial charge in [0.05, 0.1) is 10.0 Å². The van der Waals surface area contributed by atoms with E-state index in [9.17, 15) is 13.6 Å². The molecule has 0 aliphatic heterocycles. The van der Waals surface area contributed by atoms with Crippen molar-refractivity contribution in [3.05, 3.63) is 63.4 Å². The molecule has 1 heterocycles. The van der Waals surface area contributed by atoms with E-state index >= 15 is 0 Å². The molecule has 1 aromatic heterocycles. The number of rotatable bonds is 3. The zero-order chi connectivity index (χ0) is 14.0. The average molecular weight is 326 g/mol. The Morgan fingerprint density at radius 3 is 2.74 bits per heavy atom. The van der Waals surface area contributed by atoms with E-state index in [4.69, 9.17) is 0 Å². The highest BCUT2D eigenvalue weighted by molar-refractivity contribution is 9.10. The zero-order valence-electron chi connectivity index (χ0n) is 10.1. The predicted molar refractivity (Wildman–Crippen MR) is 71.1 cm³/mol. The van der Waals surface area contributed by atoms with Crippen molar-refractivity contribution in [1.82, 2.24) is 4.98 Å². The standard InChI is InChI=1S/C14H10BrF2NO/c1-2-8-4-3-7-18-13(8)14(19)11-10(16)6-5-9(15)12(11)17/h3-7H,2H2,1H3. The number of carbonyl (C=O) groups excluding carboxylic acids is 1. The Labute approximate surface area is 117 Å². The van der Waals surface area contributed by atoms with Crippen LogP contribution < -0.4 is 0 Å². The van der Waals surface area contributed by atoms with Crippen LogP contribution in [0.3, 0.4) is 0 Å². The molecule has 0 saturated heterocycles. The van der Waals surface area contributed by atoms with Crippen molar-refractivity contribution in [1.29, 1.82) is 0 Å². The number of pyridine rings is 1. The van der Waals surface area contributed by atoms with Gasteiger partial charge >= 0.3 is 0 Å². The molecule has 0 unspecified atom stereocenters. The van der Waals surface area contributed by atoms with Crippen LogP contribution in [0.25, 0.3) is 0 Å². The summed E-state index contributed by atoms with van der Waals surface area (Å²) in [5, 5.41) is 0. The van der Waals surface area contributed by atoms with Crippen LogP contribution in [-0.2, 0) is 6.42 Å². The number of hydrogen-bond donors (Lipinski definition) is 0. The van der Waals surface area contributed by atoms with Gasteiger partial charge in [-0.15, -0.1) is 0 Å². The van der Waals surface area contributed by atoms with Crippen molar-refractivity contribution in [3.63, 3.8) is 0 Å². The van der Waals surface area contributed by atoms with Crippen molar-refractivity contribution >= 4 is 21.7 Å². The topological polar surface area (TPSA) is 30.0 Å². The molecule has 19 heavy (non-hydrogen) atoms. The molecule has 1 aromatic carbocycles. The predicted octanol–water partition coefficient (Wildman–Crippen LogP) is 3.92. The summed E-state index contributed by atoms with van der Waals surface area (Å²) in [6.45, 7) is 1.85. The highest BCUT2D eigenvalue weighted by atomic mass is 79.9. The molecule has 0 fully saturated rings. The highest BCUT2D eigenvalue weighted by Gasteiger charge is 2.23. The number of benzene rings is 1. The molecule has 0 N–H and O–H groups in total. The summed E-state index contributed by atoms with van der Waals surface area (Å²) in [6, 6.07) is 5.67. The van der Waals surface area contributed by atoms with Crippen molar-refractivity contribution in [2.75, 3.05) is 0 Å². The van der Waals surface area contributed by atoms with Crippen LogP contribution in [0.2, 0.25) is 0 Å². The molecular weight excluding hydrogens is 316 g/mol. The first-order chi connectivity index (χ1) is 9.06. The smallest absolute Gasteiger partial charge is 0.217 e. The summed E-state index contributed by atoms with van der Waals surface area (Å²) in [6.07, 6.45) is 1.99. The van der Waals surface area contributed by atoms with E-state index in [1.165, 1.54) is 12.3 Å². The summed E-state index contributed by atoms with van der Waals surface area (Å²) in [5.41, 5.74) is 0.162. The molecule has 5 heteroatoms. The lowest BCUT2D eigenvalue weighted by Gasteiger charge is -2.08. The summed E-state index contributed by atoms with van der Waals surface area (Å²) in [4.78, 5) is 16.2. The van der Waals surface area contributed by atoms with Gasteiger partial charge < -0.3 is 0 Å². The lowest BCUT2D eigenvalue weighted by Crippen LogP contribution is -2.12. The minimum absolute atomic E-state index is 0.0474. The van der Waals surface area contributed by atoms with Crippen molar-refractivity contribution < 1.29 is 13.6 Å². The molecule has 0 amide bonds. The molecule has 0 spiro atoms. The van der Waals surface area contributed by atoms with Crippen LogP contribution in [0, 0.1) is 11.6 Å². The first-order valence-electron chi connectivity index (χ1n) is 5.68. The van der Waals surface area contributed by atoms with Crippen LogP contribution in [0.15, 0.2) is 34.9 Å². The fourth-order valence-corrected chi connectivity index (χ4v) is 2.11. The number of carbonyl (C=O) groups is 1. The first kappa shape index (κ1) is 13.8. The molecule has 0 aliphatic carbocycles. The molecule has 0 radical (unpaired) electrons. The van der Waals surface area contributed by atoms with Crippen LogP contribution in [0.1, 0.15) is 28.5 Å². The van der Waals surface area contributed by atoms with Crippen molar-refractivity contribution in [3.8, 4) is 0 Å². The third kappa shape index (κ3) is 2.56. The number of aryl methyl sites for hydroxylation is 1. The summed E-state index contributed by atoms with van der Waals surface area (Å²) in [7, 11) is 0. The monoisotopic (exact) mass is 325 g/mol. The lowest BCUT2D eigenvalue weighted by molar-refractivity contribution is 0.102. The Morgan fingerprint density at radius 2 is 2.05 bits per heavy atom. The van der Waals surface area contributed by atoms with Gasteiger partial charge in [0.1, 0.15) is 11.5 Å². The van der Waals surface area contributed by atoms with Gasteiger partial charge in [0.25, 0.3) is 0 Å². The van der Waals surface area contributed by atoms with Gasteiger partial charge in [-0.1, -0.05) is 13.0 Å². The molecule has 0 saturated carbocycles. The molecule has 0 bridgehead atoms. The van der Waals surface area contributed by atoms with Gasteiger partial charge in [0.2, 0.25) is 5.78 Å². The number of halogens is 3. The molecule has 2 nitrogen and oxygen atoms in total. The average Bonchev–Trinajstić information content (AvgIpc) is 2.43. The molecular formula is C14H10BrF2NO. The Kier molecular flexibility index (Phi) is 4.04. The van der Waals surface area contributed by atoms with Crippen LogP contribution in [0.4, 0.5) is 8.78 Å². The molecule has 0 aliphatic rings. The SMILES string of the molecule is CCc1cccnc1C(=O)c1c(F)ccc(Br)c1F. The highest BCUT2D eigenvalue weighted by Crippen LogP contribution is 2.24. The first-order valence-corrected chi connectivity index (χ1v) is 6.47. The second-order valence-corrected chi connectivity index (χ2v) is 4.77. The fourth-order valence-electron chi connectivity index (χ4n) is 1.78.